The molecule has 3 heterocycles. The first-order chi connectivity index (χ1) is 16.9. The van der Waals surface area contributed by atoms with Crippen LogP contribution in [0.2, 0.25) is 0 Å². The van der Waals surface area contributed by atoms with Crippen molar-refractivity contribution in [3.05, 3.63) is 89.4 Å². The third-order valence-corrected chi connectivity index (χ3v) is 5.85. The van der Waals surface area contributed by atoms with E-state index in [0.29, 0.717) is 17.4 Å². The summed E-state index contributed by atoms with van der Waals surface area (Å²) in [5.74, 6) is 1.66. The minimum absolute atomic E-state index is 0.419. The molecule has 0 fully saturated rings. The molecule has 0 radical (unpaired) electrons. The smallest absolute Gasteiger partial charge is 0.249 e. The zero-order chi connectivity index (χ0) is 24.5. The molecule has 0 saturated carbocycles. The third-order valence-electron chi connectivity index (χ3n) is 5.85. The molecule has 7 nitrogen and oxygen atoms in total. The Morgan fingerprint density at radius 1 is 0.914 bits per heavy atom. The van der Waals surface area contributed by atoms with Gasteiger partial charge >= 0.3 is 0 Å². The number of hydrogen-bond acceptors (Lipinski definition) is 6. The Kier molecular flexibility index (Phi) is 5.63. The van der Waals surface area contributed by atoms with Gasteiger partial charge in [-0.2, -0.15) is 10.2 Å². The van der Waals surface area contributed by atoms with Gasteiger partial charge < -0.3 is 14.6 Å². The SMILES string of the molecule is Cc1cc(-c2cc(C)c(Oc3nc(Nc4ccc(C#N)cc4)nc4ccn(C)c34)c(C)c2)ccn1. The molecular formula is C28H24N6O. The molecule has 7 heteroatoms. The van der Waals surface area contributed by atoms with Crippen LogP contribution < -0.4 is 10.1 Å². The molecular weight excluding hydrogens is 436 g/mol. The Morgan fingerprint density at radius 2 is 1.66 bits per heavy atom. The van der Waals surface area contributed by atoms with Crippen LogP contribution in [-0.2, 0) is 7.05 Å². The van der Waals surface area contributed by atoms with Gasteiger partial charge in [0, 0.05) is 30.8 Å². The molecule has 0 amide bonds. The fourth-order valence-electron chi connectivity index (χ4n) is 4.14. The maximum atomic E-state index is 9.04. The van der Waals surface area contributed by atoms with Gasteiger partial charge in [0.05, 0.1) is 17.1 Å². The lowest BCUT2D eigenvalue weighted by Gasteiger charge is -2.15. The molecule has 172 valence electrons. The summed E-state index contributed by atoms with van der Waals surface area (Å²) in [5, 5.41) is 12.3. The van der Waals surface area contributed by atoms with Crippen LogP contribution in [0.4, 0.5) is 11.6 Å². The summed E-state index contributed by atoms with van der Waals surface area (Å²) in [6, 6.07) is 19.5. The number of aryl methyl sites for hydroxylation is 4. The summed E-state index contributed by atoms with van der Waals surface area (Å²) in [4.78, 5) is 13.7. The minimum Gasteiger partial charge on any atom is -0.436 e. The quantitative estimate of drug-likeness (QED) is 0.328. The van der Waals surface area contributed by atoms with Crippen molar-refractivity contribution in [3.8, 4) is 28.8 Å². The highest BCUT2D eigenvalue weighted by atomic mass is 16.5. The lowest BCUT2D eigenvalue weighted by atomic mass is 10.00. The maximum Gasteiger partial charge on any atom is 0.249 e. The van der Waals surface area contributed by atoms with E-state index in [-0.39, 0.29) is 0 Å². The highest BCUT2D eigenvalue weighted by Crippen LogP contribution is 2.36. The van der Waals surface area contributed by atoms with Gasteiger partial charge in [0.25, 0.3) is 0 Å². The summed E-state index contributed by atoms with van der Waals surface area (Å²) < 4.78 is 8.41. The van der Waals surface area contributed by atoms with Crippen LogP contribution in [0.25, 0.3) is 22.2 Å². The number of aromatic nitrogens is 4. The molecule has 3 aromatic heterocycles. The molecule has 0 aliphatic carbocycles. The van der Waals surface area contributed by atoms with Gasteiger partial charge in [-0.1, -0.05) is 0 Å². The van der Waals surface area contributed by atoms with Crippen molar-refractivity contribution in [2.24, 2.45) is 7.05 Å². The largest absolute Gasteiger partial charge is 0.436 e. The van der Waals surface area contributed by atoms with E-state index in [0.717, 1.165) is 50.4 Å². The van der Waals surface area contributed by atoms with Crippen LogP contribution in [0.1, 0.15) is 22.4 Å². The minimum atomic E-state index is 0.419. The zero-order valence-corrected chi connectivity index (χ0v) is 20.0. The first-order valence-corrected chi connectivity index (χ1v) is 11.2. The summed E-state index contributed by atoms with van der Waals surface area (Å²) >= 11 is 0. The molecule has 0 aliphatic heterocycles. The molecule has 0 atom stereocenters. The Morgan fingerprint density at radius 3 is 2.34 bits per heavy atom. The number of anilines is 2. The molecule has 0 aliphatic rings. The van der Waals surface area contributed by atoms with E-state index in [2.05, 4.69) is 39.6 Å². The van der Waals surface area contributed by atoms with Crippen LogP contribution in [0.5, 0.6) is 11.6 Å². The monoisotopic (exact) mass is 460 g/mol. The second-order valence-corrected chi connectivity index (χ2v) is 8.55. The van der Waals surface area contributed by atoms with Crippen molar-refractivity contribution in [1.29, 1.82) is 5.26 Å². The summed E-state index contributed by atoms with van der Waals surface area (Å²) in [6.45, 7) is 6.07. The van der Waals surface area contributed by atoms with Gasteiger partial charge in [-0.05, 0) is 97.6 Å². The van der Waals surface area contributed by atoms with Crippen molar-refractivity contribution in [2.45, 2.75) is 20.8 Å². The Balaban J connectivity index is 1.53. The van der Waals surface area contributed by atoms with Crippen molar-refractivity contribution in [2.75, 3.05) is 5.32 Å². The average molecular weight is 461 g/mol. The lowest BCUT2D eigenvalue weighted by molar-refractivity contribution is 0.459. The number of benzene rings is 2. The van der Waals surface area contributed by atoms with Crippen LogP contribution in [-0.4, -0.2) is 19.5 Å². The third kappa shape index (κ3) is 4.42. The number of fused-ring (bicyclic) bond motifs is 1. The normalized spacial score (nSPS) is 10.8. The first-order valence-electron chi connectivity index (χ1n) is 11.2. The number of nitrogens with zero attached hydrogens (tertiary/aromatic N) is 5. The number of nitrogens with one attached hydrogen (secondary N) is 1. The fourth-order valence-corrected chi connectivity index (χ4v) is 4.14. The molecule has 1 N–H and O–H groups in total. The maximum absolute atomic E-state index is 9.04. The van der Waals surface area contributed by atoms with Gasteiger partial charge in [-0.25, -0.2) is 4.98 Å². The van der Waals surface area contributed by atoms with Gasteiger partial charge in [0.1, 0.15) is 11.3 Å². The lowest BCUT2D eigenvalue weighted by Crippen LogP contribution is -2.02. The molecule has 0 unspecified atom stereocenters. The Labute approximate surface area is 203 Å². The van der Waals surface area contributed by atoms with Crippen LogP contribution in [0, 0.1) is 32.1 Å². The van der Waals surface area contributed by atoms with Crippen molar-refractivity contribution < 1.29 is 4.74 Å². The van der Waals surface area contributed by atoms with E-state index in [9.17, 15) is 0 Å². The van der Waals surface area contributed by atoms with Crippen LogP contribution in [0.15, 0.2) is 67.0 Å². The highest BCUT2D eigenvalue weighted by Gasteiger charge is 2.16. The molecule has 0 spiro atoms. The highest BCUT2D eigenvalue weighted by molar-refractivity contribution is 5.83. The van der Waals surface area contributed by atoms with E-state index in [4.69, 9.17) is 15.0 Å². The van der Waals surface area contributed by atoms with Crippen molar-refractivity contribution >= 4 is 22.7 Å². The molecule has 5 rings (SSSR count). The van der Waals surface area contributed by atoms with Gasteiger partial charge in [-0.3, -0.25) is 4.98 Å². The van der Waals surface area contributed by atoms with Gasteiger partial charge in [0.15, 0.2) is 0 Å². The number of rotatable bonds is 5. The van der Waals surface area contributed by atoms with Crippen molar-refractivity contribution in [1.82, 2.24) is 19.5 Å². The topological polar surface area (TPSA) is 88.6 Å². The van der Waals surface area contributed by atoms with Crippen LogP contribution >= 0.6 is 0 Å². The van der Waals surface area contributed by atoms with Gasteiger partial charge in [-0.15, -0.1) is 0 Å². The number of hydrogen-bond donors (Lipinski definition) is 1. The molecule has 5 aromatic rings. The van der Waals surface area contributed by atoms with Gasteiger partial charge in [0.2, 0.25) is 11.8 Å². The number of nitriles is 1. The molecule has 0 saturated heterocycles. The number of ether oxygens (including phenoxy) is 1. The predicted molar refractivity (Wildman–Crippen MR) is 137 cm³/mol. The second kappa shape index (κ2) is 8.92. The summed E-state index contributed by atoms with van der Waals surface area (Å²) in [7, 11) is 1.95. The Bertz CT molecular complexity index is 1570. The molecule has 35 heavy (non-hydrogen) atoms. The molecule has 0 bridgehead atoms. The standard InChI is InChI=1S/C28H24N6O/c1-17-13-22(21-9-11-30-19(3)15-21)14-18(2)26(17)35-27-25-24(10-12-34(25)4)32-28(33-27)31-23-7-5-20(16-29)6-8-23/h5-15H,1-4H3,(H,31,32,33). The van der Waals surface area contributed by atoms with E-state index in [1.165, 1.54) is 0 Å². The van der Waals surface area contributed by atoms with Crippen LogP contribution in [0.3, 0.4) is 0 Å². The van der Waals surface area contributed by atoms with E-state index >= 15 is 0 Å². The van der Waals surface area contributed by atoms with E-state index in [1.807, 2.05) is 69.0 Å². The first kappa shape index (κ1) is 22.1. The summed E-state index contributed by atoms with van der Waals surface area (Å²) in [6.07, 6.45) is 3.77. The average Bonchev–Trinajstić information content (AvgIpc) is 3.22. The zero-order valence-electron chi connectivity index (χ0n) is 20.0. The Hall–Kier alpha value is -4.70. The predicted octanol–water partition coefficient (Wildman–Crippen LogP) is 6.36. The van der Waals surface area contributed by atoms with Crippen molar-refractivity contribution in [3.63, 3.8) is 0 Å². The second-order valence-electron chi connectivity index (χ2n) is 8.55. The fraction of sp³-hybridized carbons (Fsp3) is 0.143. The summed E-state index contributed by atoms with van der Waals surface area (Å²) in [5.41, 5.74) is 8.20. The number of pyridine rings is 1. The molecule has 2 aromatic carbocycles. The van der Waals surface area contributed by atoms with E-state index in [1.54, 1.807) is 12.1 Å². The van der Waals surface area contributed by atoms with E-state index < -0.39 is 0 Å².